The first-order valence-corrected chi connectivity index (χ1v) is 20.7. The zero-order valence-corrected chi connectivity index (χ0v) is 33.1. The fourth-order valence-electron chi connectivity index (χ4n) is 9.28. The van der Waals surface area contributed by atoms with Gasteiger partial charge >= 0.3 is 0 Å². The largest absolute Gasteiger partial charge is 0.310 e. The van der Waals surface area contributed by atoms with Crippen LogP contribution in [-0.4, -0.2) is 15.0 Å². The molecule has 0 radical (unpaired) electrons. The summed E-state index contributed by atoms with van der Waals surface area (Å²) < 4.78 is 0. The lowest BCUT2D eigenvalue weighted by Crippen LogP contribution is -2.12. The van der Waals surface area contributed by atoms with Crippen molar-refractivity contribution in [3.05, 3.63) is 218 Å². The van der Waals surface area contributed by atoms with E-state index in [0.717, 1.165) is 33.8 Å². The van der Waals surface area contributed by atoms with Gasteiger partial charge in [0, 0.05) is 28.1 Å². The van der Waals surface area contributed by atoms with Crippen molar-refractivity contribution in [3.8, 4) is 34.2 Å². The molecule has 4 nitrogen and oxygen atoms in total. The molecule has 0 fully saturated rings. The second-order valence-electron chi connectivity index (χ2n) is 15.5. The summed E-state index contributed by atoms with van der Waals surface area (Å²) in [6.45, 7) is 0. The van der Waals surface area contributed by atoms with Crippen molar-refractivity contribution in [2.75, 3.05) is 4.90 Å². The van der Waals surface area contributed by atoms with E-state index in [2.05, 4.69) is 187 Å². The molecule has 0 saturated heterocycles. The van der Waals surface area contributed by atoms with E-state index in [1.54, 1.807) is 0 Å². The molecular formula is C57H36N4. The van der Waals surface area contributed by atoms with Crippen LogP contribution >= 0.6 is 0 Å². The quantitative estimate of drug-likeness (QED) is 0.158. The first-order chi connectivity index (χ1) is 30.3. The highest BCUT2D eigenvalue weighted by Gasteiger charge is 2.22. The topological polar surface area (TPSA) is 41.9 Å². The predicted octanol–water partition coefficient (Wildman–Crippen LogP) is 15.3. The SMILES string of the molecule is c1ccc(-c2nc(-c3ccccc3)nc(-c3ccccc3N(c3ccc4c5ccccc5c5ccccc5c4c3)c3ccc4c5ccccc5c5ccccc5c4c3)n2)cc1. The van der Waals surface area contributed by atoms with Crippen molar-refractivity contribution in [3.63, 3.8) is 0 Å². The summed E-state index contributed by atoms with van der Waals surface area (Å²) in [6.07, 6.45) is 0. The Balaban J connectivity index is 1.15. The first kappa shape index (κ1) is 34.8. The van der Waals surface area contributed by atoms with Gasteiger partial charge in [0.15, 0.2) is 17.5 Å². The van der Waals surface area contributed by atoms with Crippen molar-refractivity contribution in [1.29, 1.82) is 0 Å². The zero-order valence-electron chi connectivity index (χ0n) is 33.1. The predicted molar refractivity (Wildman–Crippen MR) is 256 cm³/mol. The Morgan fingerprint density at radius 3 is 0.967 bits per heavy atom. The highest BCUT2D eigenvalue weighted by atomic mass is 15.2. The van der Waals surface area contributed by atoms with Gasteiger partial charge in [-0.2, -0.15) is 0 Å². The number of hydrogen-bond acceptors (Lipinski definition) is 4. The van der Waals surface area contributed by atoms with Crippen molar-refractivity contribution in [1.82, 2.24) is 15.0 Å². The van der Waals surface area contributed by atoms with Crippen molar-refractivity contribution in [2.24, 2.45) is 0 Å². The van der Waals surface area contributed by atoms with Crippen LogP contribution in [0.4, 0.5) is 17.1 Å². The molecule has 0 atom stereocenters. The van der Waals surface area contributed by atoms with Crippen molar-refractivity contribution < 1.29 is 0 Å². The fraction of sp³-hybridized carbons (Fsp3) is 0. The van der Waals surface area contributed by atoms with E-state index in [9.17, 15) is 0 Å². The number of rotatable bonds is 6. The number of nitrogens with zero attached hydrogens (tertiary/aromatic N) is 4. The van der Waals surface area contributed by atoms with Crippen LogP contribution in [0.2, 0.25) is 0 Å². The van der Waals surface area contributed by atoms with Crippen LogP contribution in [-0.2, 0) is 0 Å². The normalized spacial score (nSPS) is 11.6. The van der Waals surface area contributed by atoms with Gasteiger partial charge in [0.1, 0.15) is 0 Å². The lowest BCUT2D eigenvalue weighted by atomic mass is 9.93. The van der Waals surface area contributed by atoms with E-state index in [1.807, 2.05) is 36.4 Å². The van der Waals surface area contributed by atoms with Crippen molar-refractivity contribution in [2.45, 2.75) is 0 Å². The zero-order chi connectivity index (χ0) is 40.3. The third kappa shape index (κ3) is 5.80. The number of anilines is 3. The number of fused-ring (bicyclic) bond motifs is 12. The van der Waals surface area contributed by atoms with Crippen LogP contribution < -0.4 is 4.90 Å². The van der Waals surface area contributed by atoms with Crippen LogP contribution in [0, 0.1) is 0 Å². The number of hydrogen-bond donors (Lipinski definition) is 0. The molecular weight excluding hydrogens is 741 g/mol. The summed E-state index contributed by atoms with van der Waals surface area (Å²) in [6, 6.07) is 77.7. The van der Waals surface area contributed by atoms with E-state index in [0.29, 0.717) is 17.5 Å². The second kappa shape index (κ2) is 14.3. The summed E-state index contributed by atoms with van der Waals surface area (Å²) in [4.78, 5) is 17.9. The molecule has 0 spiro atoms. The molecule has 0 bridgehead atoms. The highest BCUT2D eigenvalue weighted by molar-refractivity contribution is 6.27. The number of para-hydroxylation sites is 1. The molecule has 0 amide bonds. The third-order valence-electron chi connectivity index (χ3n) is 12.1. The Kier molecular flexibility index (Phi) is 8.13. The maximum absolute atomic E-state index is 5.23. The second-order valence-corrected chi connectivity index (χ2v) is 15.5. The molecule has 0 unspecified atom stereocenters. The monoisotopic (exact) mass is 776 g/mol. The van der Waals surface area contributed by atoms with Crippen LogP contribution in [0.25, 0.3) is 98.8 Å². The molecule has 1 aromatic heterocycles. The smallest absolute Gasteiger partial charge is 0.166 e. The van der Waals surface area contributed by atoms with Gasteiger partial charge in [-0.15, -0.1) is 0 Å². The molecule has 0 N–H and O–H groups in total. The third-order valence-corrected chi connectivity index (χ3v) is 12.1. The van der Waals surface area contributed by atoms with Gasteiger partial charge in [0.25, 0.3) is 0 Å². The van der Waals surface area contributed by atoms with Gasteiger partial charge in [0.2, 0.25) is 0 Å². The molecule has 0 saturated carbocycles. The minimum atomic E-state index is 0.600. The average Bonchev–Trinajstić information content (AvgIpc) is 3.35. The summed E-state index contributed by atoms with van der Waals surface area (Å²) in [5, 5.41) is 14.8. The van der Waals surface area contributed by atoms with Gasteiger partial charge in [-0.05, 0) is 101 Å². The maximum atomic E-state index is 5.23. The molecule has 61 heavy (non-hydrogen) atoms. The fourth-order valence-corrected chi connectivity index (χ4v) is 9.28. The van der Waals surface area contributed by atoms with E-state index in [4.69, 9.17) is 15.0 Å². The average molecular weight is 777 g/mol. The first-order valence-electron chi connectivity index (χ1n) is 20.7. The van der Waals surface area contributed by atoms with Crippen molar-refractivity contribution >= 4 is 81.7 Å². The number of aromatic nitrogens is 3. The van der Waals surface area contributed by atoms with Gasteiger partial charge in [0.05, 0.1) is 5.69 Å². The molecule has 11 aromatic carbocycles. The molecule has 12 rings (SSSR count). The summed E-state index contributed by atoms with van der Waals surface area (Å²) >= 11 is 0. The molecule has 0 aliphatic heterocycles. The van der Waals surface area contributed by atoms with Crippen LogP contribution in [0.1, 0.15) is 0 Å². The molecule has 4 heteroatoms. The summed E-state index contributed by atoms with van der Waals surface area (Å²) in [7, 11) is 0. The Labute approximate surface area is 352 Å². The van der Waals surface area contributed by atoms with Crippen LogP contribution in [0.3, 0.4) is 0 Å². The standard InChI is InChI=1S/C57H36N4/c1-3-17-37(18-4-1)55-58-56(38-19-5-2-6-20-38)60-57(59-55)51-29-15-16-30-54(51)61(39-31-33-49-45-25-9-7-21-41(45)43-23-11-13-27-47(43)52(49)35-39)40-32-34-50-46-26-10-8-22-42(46)44-24-12-14-28-48(44)53(50)36-40/h1-36H. The molecule has 284 valence electrons. The van der Waals surface area contributed by atoms with E-state index in [-0.39, 0.29) is 0 Å². The molecule has 1 heterocycles. The van der Waals surface area contributed by atoms with Gasteiger partial charge < -0.3 is 4.90 Å². The molecule has 0 aliphatic rings. The Morgan fingerprint density at radius 2 is 0.557 bits per heavy atom. The van der Waals surface area contributed by atoms with E-state index in [1.165, 1.54) is 64.6 Å². The highest BCUT2D eigenvalue weighted by Crippen LogP contribution is 2.46. The Morgan fingerprint density at radius 1 is 0.246 bits per heavy atom. The minimum absolute atomic E-state index is 0.600. The van der Waals surface area contributed by atoms with Crippen LogP contribution in [0.15, 0.2) is 218 Å². The summed E-state index contributed by atoms with van der Waals surface area (Å²) in [5.41, 5.74) is 5.78. The maximum Gasteiger partial charge on any atom is 0.166 e. The van der Waals surface area contributed by atoms with Crippen LogP contribution in [0.5, 0.6) is 0 Å². The molecule has 0 aliphatic carbocycles. The van der Waals surface area contributed by atoms with E-state index >= 15 is 0 Å². The lowest BCUT2D eigenvalue weighted by Gasteiger charge is -2.28. The van der Waals surface area contributed by atoms with E-state index < -0.39 is 0 Å². The summed E-state index contributed by atoms with van der Waals surface area (Å²) in [5.74, 6) is 1.85. The molecule has 12 aromatic rings. The van der Waals surface area contributed by atoms with Gasteiger partial charge in [-0.1, -0.05) is 182 Å². The Bertz CT molecular complexity index is 3370. The number of benzene rings is 11. The van der Waals surface area contributed by atoms with Gasteiger partial charge in [-0.25, -0.2) is 15.0 Å². The minimum Gasteiger partial charge on any atom is -0.310 e. The Hall–Kier alpha value is -8.21. The van der Waals surface area contributed by atoms with Gasteiger partial charge in [-0.3, -0.25) is 0 Å². The lowest BCUT2D eigenvalue weighted by molar-refractivity contribution is 1.07.